The lowest BCUT2D eigenvalue weighted by atomic mass is 10.0. The molecule has 3 unspecified atom stereocenters. The number of amides is 1. The predicted octanol–water partition coefficient (Wildman–Crippen LogP) is 14.6. The molecule has 0 aromatic carbocycles. The second kappa shape index (κ2) is 46.4. The van der Waals surface area contributed by atoms with Crippen LogP contribution < -0.4 is 5.32 Å². The van der Waals surface area contributed by atoms with Crippen LogP contribution in [0.5, 0.6) is 0 Å². The van der Waals surface area contributed by atoms with Crippen molar-refractivity contribution in [3.05, 3.63) is 72.9 Å². The summed E-state index contributed by atoms with van der Waals surface area (Å²) in [6.07, 6.45) is 58.2. The van der Waals surface area contributed by atoms with E-state index in [-0.39, 0.29) is 24.9 Å². The van der Waals surface area contributed by atoms with Gasteiger partial charge in [0.15, 0.2) is 0 Å². The van der Waals surface area contributed by atoms with Crippen LogP contribution in [0.1, 0.15) is 226 Å². The first-order valence-electron chi connectivity index (χ1n) is 24.7. The van der Waals surface area contributed by atoms with Gasteiger partial charge in [-0.15, -0.1) is 0 Å². The third-order valence-corrected chi connectivity index (χ3v) is 10.9. The van der Waals surface area contributed by atoms with Gasteiger partial charge in [0, 0.05) is 6.42 Å². The number of hydrogen-bond donors (Lipinski definition) is 3. The van der Waals surface area contributed by atoms with E-state index in [4.69, 9.17) is 4.74 Å². The van der Waals surface area contributed by atoms with Crippen LogP contribution in [-0.2, 0) is 14.3 Å². The molecule has 0 spiro atoms. The Morgan fingerprint density at radius 1 is 0.508 bits per heavy atom. The minimum absolute atomic E-state index is 0.0361. The maximum atomic E-state index is 13.2. The van der Waals surface area contributed by atoms with Gasteiger partial charge in [-0.3, -0.25) is 9.59 Å². The monoisotopic (exact) mass is 824 g/mol. The van der Waals surface area contributed by atoms with E-state index in [2.05, 4.69) is 44.3 Å². The third kappa shape index (κ3) is 41.8. The number of allylic oxidation sites excluding steroid dienone is 12. The van der Waals surface area contributed by atoms with Gasteiger partial charge < -0.3 is 20.3 Å². The number of ether oxygens (including phenoxy) is 1. The summed E-state index contributed by atoms with van der Waals surface area (Å²) in [7, 11) is 0. The Bertz CT molecular complexity index is 1110. The van der Waals surface area contributed by atoms with E-state index in [1.165, 1.54) is 109 Å². The number of carbonyl (C=O) groups is 2. The van der Waals surface area contributed by atoms with Gasteiger partial charge in [-0.05, 0) is 64.2 Å². The molecular weight excluding hydrogens is 731 g/mol. The lowest BCUT2D eigenvalue weighted by Gasteiger charge is -2.24. The molecule has 3 N–H and O–H groups in total. The third-order valence-electron chi connectivity index (χ3n) is 10.9. The van der Waals surface area contributed by atoms with E-state index in [1.807, 2.05) is 54.7 Å². The summed E-state index contributed by atoms with van der Waals surface area (Å²) in [5.74, 6) is -0.579. The summed E-state index contributed by atoms with van der Waals surface area (Å²) in [5, 5.41) is 23.7. The van der Waals surface area contributed by atoms with Crippen molar-refractivity contribution in [1.29, 1.82) is 0 Å². The summed E-state index contributed by atoms with van der Waals surface area (Å²) in [5.41, 5.74) is 0. The predicted molar refractivity (Wildman–Crippen MR) is 255 cm³/mol. The number of esters is 1. The van der Waals surface area contributed by atoms with Crippen LogP contribution in [0.2, 0.25) is 0 Å². The molecule has 0 aliphatic heterocycles. The fraction of sp³-hybridized carbons (Fsp3) is 0.736. The van der Waals surface area contributed by atoms with E-state index in [9.17, 15) is 19.8 Å². The number of aliphatic hydroxyl groups is 2. The summed E-state index contributed by atoms with van der Waals surface area (Å²) in [6.45, 7) is 6.31. The van der Waals surface area contributed by atoms with Crippen LogP contribution in [0.25, 0.3) is 0 Å². The van der Waals surface area contributed by atoms with Crippen molar-refractivity contribution in [2.75, 3.05) is 6.61 Å². The molecule has 0 aromatic heterocycles. The number of carbonyl (C=O) groups excluding carboxylic acids is 2. The second-order valence-corrected chi connectivity index (χ2v) is 16.6. The Hall–Kier alpha value is -2.70. The van der Waals surface area contributed by atoms with Gasteiger partial charge >= 0.3 is 5.97 Å². The lowest BCUT2D eigenvalue weighted by Crippen LogP contribution is -2.46. The molecule has 6 nitrogen and oxygen atoms in total. The lowest BCUT2D eigenvalue weighted by molar-refractivity contribution is -0.151. The SMILES string of the molecule is CC/C=C/C=C/C=C\C=C/C=C/CCCC(=O)OC(CCCCC/C=C/CCCCCCCCCCC)CC(=O)NC(CO)C(O)CCCCCCCCCCCCC. The molecule has 1 amide bonds. The molecule has 0 radical (unpaired) electrons. The van der Waals surface area contributed by atoms with Crippen molar-refractivity contribution in [2.24, 2.45) is 0 Å². The van der Waals surface area contributed by atoms with Crippen molar-refractivity contribution >= 4 is 11.9 Å². The highest BCUT2D eigenvalue weighted by Gasteiger charge is 2.24. The van der Waals surface area contributed by atoms with Gasteiger partial charge in [-0.1, -0.05) is 222 Å². The molecule has 0 saturated heterocycles. The average molecular weight is 824 g/mol. The summed E-state index contributed by atoms with van der Waals surface area (Å²) in [6, 6.07) is -0.722. The standard InChI is InChI=1S/C53H93NO5/c1-4-7-10-13-16-19-22-24-25-26-28-30-32-35-38-41-44-49(59-53(58)46-43-40-37-34-31-27-23-20-17-14-11-8-5-2)47-52(57)54-50(48-55)51(56)45-42-39-36-33-29-21-18-15-12-9-6-3/h8,11,14,17,20,23,27-28,30-31,34,37,49-51,55-56H,4-7,9-10,12-13,15-16,18-19,21-22,24-26,29,32-33,35-36,38-48H2,1-3H3,(H,54,57)/b11-8+,17-14+,23-20-,30-28+,31-27-,37-34+. The highest BCUT2D eigenvalue weighted by atomic mass is 16.5. The normalized spacial score (nSPS) is 13.9. The Morgan fingerprint density at radius 3 is 1.44 bits per heavy atom. The maximum absolute atomic E-state index is 13.2. The number of aliphatic hydroxyl groups excluding tert-OH is 2. The maximum Gasteiger partial charge on any atom is 0.306 e. The summed E-state index contributed by atoms with van der Waals surface area (Å²) >= 11 is 0. The Balaban J connectivity index is 4.73. The highest BCUT2D eigenvalue weighted by molar-refractivity contribution is 5.77. The minimum atomic E-state index is -0.805. The molecule has 6 heteroatoms. The van der Waals surface area contributed by atoms with Crippen molar-refractivity contribution in [3.8, 4) is 0 Å². The number of nitrogens with one attached hydrogen (secondary N) is 1. The first-order chi connectivity index (χ1) is 29.0. The van der Waals surface area contributed by atoms with Gasteiger partial charge in [0.2, 0.25) is 5.91 Å². The Labute approximate surface area is 364 Å². The van der Waals surface area contributed by atoms with Crippen molar-refractivity contribution in [3.63, 3.8) is 0 Å². The number of hydrogen-bond acceptors (Lipinski definition) is 5. The second-order valence-electron chi connectivity index (χ2n) is 16.6. The molecule has 59 heavy (non-hydrogen) atoms. The number of rotatable bonds is 43. The summed E-state index contributed by atoms with van der Waals surface area (Å²) in [4.78, 5) is 26.0. The molecule has 340 valence electrons. The Kier molecular flexibility index (Phi) is 44.2. The van der Waals surface area contributed by atoms with Crippen molar-refractivity contribution in [1.82, 2.24) is 5.32 Å². The molecule has 0 fully saturated rings. The molecule has 0 aliphatic rings. The number of unbranched alkanes of at least 4 members (excludes halogenated alkanes) is 23. The highest BCUT2D eigenvalue weighted by Crippen LogP contribution is 2.17. The van der Waals surface area contributed by atoms with E-state index in [0.717, 1.165) is 64.2 Å². The van der Waals surface area contributed by atoms with Crippen LogP contribution in [0, 0.1) is 0 Å². The van der Waals surface area contributed by atoms with E-state index in [0.29, 0.717) is 25.7 Å². The van der Waals surface area contributed by atoms with Crippen molar-refractivity contribution in [2.45, 2.75) is 244 Å². The van der Waals surface area contributed by atoms with Crippen LogP contribution in [0.15, 0.2) is 72.9 Å². The molecule has 0 saturated carbocycles. The smallest absolute Gasteiger partial charge is 0.306 e. The van der Waals surface area contributed by atoms with Gasteiger partial charge in [-0.25, -0.2) is 0 Å². The minimum Gasteiger partial charge on any atom is -0.462 e. The van der Waals surface area contributed by atoms with Crippen LogP contribution in [0.4, 0.5) is 0 Å². The molecule has 0 aliphatic carbocycles. The van der Waals surface area contributed by atoms with Gasteiger partial charge in [0.1, 0.15) is 6.10 Å². The van der Waals surface area contributed by atoms with E-state index < -0.39 is 18.2 Å². The van der Waals surface area contributed by atoms with Gasteiger partial charge in [0.25, 0.3) is 0 Å². The van der Waals surface area contributed by atoms with E-state index in [1.54, 1.807) is 0 Å². The fourth-order valence-corrected chi connectivity index (χ4v) is 7.16. The average Bonchev–Trinajstić information content (AvgIpc) is 3.23. The van der Waals surface area contributed by atoms with E-state index >= 15 is 0 Å². The van der Waals surface area contributed by atoms with Gasteiger partial charge in [0.05, 0.1) is 25.2 Å². The molecule has 0 bridgehead atoms. The van der Waals surface area contributed by atoms with Crippen LogP contribution in [-0.4, -0.2) is 46.9 Å². The molecule has 0 heterocycles. The molecule has 3 atom stereocenters. The van der Waals surface area contributed by atoms with Crippen molar-refractivity contribution < 1.29 is 24.5 Å². The Morgan fingerprint density at radius 2 is 0.932 bits per heavy atom. The van der Waals surface area contributed by atoms with Crippen LogP contribution in [0.3, 0.4) is 0 Å². The quantitative estimate of drug-likeness (QED) is 0.0246. The topological polar surface area (TPSA) is 95.9 Å². The first kappa shape index (κ1) is 56.3. The van der Waals surface area contributed by atoms with Gasteiger partial charge in [-0.2, -0.15) is 0 Å². The van der Waals surface area contributed by atoms with Crippen LogP contribution >= 0.6 is 0 Å². The fourth-order valence-electron chi connectivity index (χ4n) is 7.16. The zero-order chi connectivity index (χ0) is 43.1. The zero-order valence-electron chi connectivity index (χ0n) is 38.6. The molecule has 0 rings (SSSR count). The summed E-state index contributed by atoms with van der Waals surface area (Å²) < 4.78 is 5.88. The first-order valence-corrected chi connectivity index (χ1v) is 24.7. The molecule has 0 aromatic rings. The molecular formula is C53H93NO5. The zero-order valence-corrected chi connectivity index (χ0v) is 38.6. The largest absolute Gasteiger partial charge is 0.462 e.